The van der Waals surface area contributed by atoms with Crippen molar-refractivity contribution in [2.45, 2.75) is 39.3 Å². The first-order valence-corrected chi connectivity index (χ1v) is 6.90. The van der Waals surface area contributed by atoms with Crippen LogP contribution in [0.3, 0.4) is 0 Å². The van der Waals surface area contributed by atoms with Crippen LogP contribution in [0.25, 0.3) is 0 Å². The zero-order valence-electron chi connectivity index (χ0n) is 12.0. The Labute approximate surface area is 121 Å². The molecule has 0 atom stereocenters. The van der Waals surface area contributed by atoms with E-state index in [1.165, 1.54) is 12.1 Å². The van der Waals surface area contributed by atoms with Crippen molar-refractivity contribution < 1.29 is 13.9 Å². The van der Waals surface area contributed by atoms with Crippen LogP contribution in [0.2, 0.25) is 0 Å². The van der Waals surface area contributed by atoms with Crippen LogP contribution in [-0.4, -0.2) is 20.7 Å². The molecule has 0 bridgehead atoms. The molecule has 1 heterocycles. The molecule has 1 aliphatic carbocycles. The van der Waals surface area contributed by atoms with Crippen molar-refractivity contribution in [1.82, 2.24) is 14.8 Å². The van der Waals surface area contributed by atoms with E-state index in [-0.39, 0.29) is 12.2 Å². The van der Waals surface area contributed by atoms with Gasteiger partial charge in [0.25, 0.3) is 0 Å². The van der Waals surface area contributed by atoms with E-state index in [1.807, 2.05) is 11.5 Å². The lowest BCUT2D eigenvalue weighted by atomic mass is 10.1. The molecule has 0 saturated heterocycles. The monoisotopic (exact) mass is 289 g/mol. The van der Waals surface area contributed by atoms with E-state index in [0.717, 1.165) is 24.2 Å². The van der Waals surface area contributed by atoms with Gasteiger partial charge < -0.3 is 9.30 Å². The SMILES string of the molecule is Cc1ccc(C(=O)OCc2nnc(C)n2C2CC2)c(F)c1. The van der Waals surface area contributed by atoms with Crippen molar-refractivity contribution in [2.75, 3.05) is 0 Å². The zero-order chi connectivity index (χ0) is 15.0. The highest BCUT2D eigenvalue weighted by Crippen LogP contribution is 2.36. The minimum absolute atomic E-state index is 0.00346. The Morgan fingerprint density at radius 3 is 2.81 bits per heavy atom. The Bertz CT molecular complexity index is 692. The maximum Gasteiger partial charge on any atom is 0.341 e. The maximum absolute atomic E-state index is 13.7. The number of rotatable bonds is 4. The maximum atomic E-state index is 13.7. The van der Waals surface area contributed by atoms with Gasteiger partial charge in [-0.05, 0) is 44.4 Å². The third-order valence-corrected chi connectivity index (χ3v) is 3.53. The molecule has 2 aromatic rings. The van der Waals surface area contributed by atoms with Gasteiger partial charge >= 0.3 is 5.97 Å². The fourth-order valence-corrected chi connectivity index (χ4v) is 2.31. The number of aromatic nitrogens is 3. The Balaban J connectivity index is 1.71. The molecule has 0 spiro atoms. The summed E-state index contributed by atoms with van der Waals surface area (Å²) in [6.07, 6.45) is 2.18. The summed E-state index contributed by atoms with van der Waals surface area (Å²) < 4.78 is 20.9. The van der Waals surface area contributed by atoms with E-state index in [9.17, 15) is 9.18 Å². The van der Waals surface area contributed by atoms with Crippen LogP contribution in [-0.2, 0) is 11.3 Å². The van der Waals surface area contributed by atoms with Crippen molar-refractivity contribution in [3.8, 4) is 0 Å². The van der Waals surface area contributed by atoms with E-state index < -0.39 is 11.8 Å². The van der Waals surface area contributed by atoms with Gasteiger partial charge in [-0.1, -0.05) is 6.07 Å². The van der Waals surface area contributed by atoms with Crippen LogP contribution in [0.15, 0.2) is 18.2 Å². The summed E-state index contributed by atoms with van der Waals surface area (Å²) in [5.74, 6) is 0.163. The first-order valence-electron chi connectivity index (χ1n) is 6.90. The summed E-state index contributed by atoms with van der Waals surface area (Å²) >= 11 is 0. The molecule has 1 saturated carbocycles. The molecule has 0 amide bonds. The van der Waals surface area contributed by atoms with Crippen molar-refractivity contribution in [2.24, 2.45) is 0 Å². The fourth-order valence-electron chi connectivity index (χ4n) is 2.31. The largest absolute Gasteiger partial charge is 0.454 e. The van der Waals surface area contributed by atoms with Gasteiger partial charge in [-0.3, -0.25) is 0 Å². The van der Waals surface area contributed by atoms with Crippen LogP contribution in [0.4, 0.5) is 4.39 Å². The van der Waals surface area contributed by atoms with Gasteiger partial charge in [0.2, 0.25) is 0 Å². The third-order valence-electron chi connectivity index (χ3n) is 3.53. The Hall–Kier alpha value is -2.24. The van der Waals surface area contributed by atoms with E-state index in [0.29, 0.717) is 11.9 Å². The molecule has 1 aromatic heterocycles. The van der Waals surface area contributed by atoms with E-state index >= 15 is 0 Å². The zero-order valence-corrected chi connectivity index (χ0v) is 12.0. The number of esters is 1. The number of aryl methyl sites for hydroxylation is 2. The number of halogens is 1. The summed E-state index contributed by atoms with van der Waals surface area (Å²) in [7, 11) is 0. The summed E-state index contributed by atoms with van der Waals surface area (Å²) in [5, 5.41) is 8.03. The van der Waals surface area contributed by atoms with Gasteiger partial charge in [-0.15, -0.1) is 10.2 Å². The number of carbonyl (C=O) groups is 1. The first-order chi connectivity index (χ1) is 10.1. The second-order valence-corrected chi connectivity index (χ2v) is 5.32. The summed E-state index contributed by atoms with van der Waals surface area (Å²) in [6.45, 7) is 3.64. The van der Waals surface area contributed by atoms with Crippen LogP contribution in [0.1, 0.15) is 46.5 Å². The van der Waals surface area contributed by atoms with Gasteiger partial charge in [0.15, 0.2) is 12.4 Å². The number of carbonyl (C=O) groups excluding carboxylic acids is 1. The minimum atomic E-state index is -0.685. The average Bonchev–Trinajstić information content (AvgIpc) is 3.20. The van der Waals surface area contributed by atoms with E-state index in [4.69, 9.17) is 4.74 Å². The summed E-state index contributed by atoms with van der Waals surface area (Å²) in [4.78, 5) is 11.9. The minimum Gasteiger partial charge on any atom is -0.454 e. The predicted molar refractivity (Wildman–Crippen MR) is 73.3 cm³/mol. The smallest absolute Gasteiger partial charge is 0.341 e. The second-order valence-electron chi connectivity index (χ2n) is 5.32. The molecule has 0 radical (unpaired) electrons. The van der Waals surface area contributed by atoms with Crippen molar-refractivity contribution in [3.05, 3.63) is 46.8 Å². The van der Waals surface area contributed by atoms with Gasteiger partial charge in [-0.2, -0.15) is 0 Å². The van der Waals surface area contributed by atoms with Crippen molar-refractivity contribution >= 4 is 5.97 Å². The molecule has 5 nitrogen and oxygen atoms in total. The van der Waals surface area contributed by atoms with Crippen LogP contribution in [0.5, 0.6) is 0 Å². The number of hydrogen-bond acceptors (Lipinski definition) is 4. The molecule has 0 aliphatic heterocycles. The Morgan fingerprint density at radius 2 is 2.14 bits per heavy atom. The summed E-state index contributed by atoms with van der Waals surface area (Å²) in [5.41, 5.74) is 0.697. The molecule has 0 unspecified atom stereocenters. The first kappa shape index (κ1) is 13.7. The molecule has 110 valence electrons. The molecule has 1 aliphatic rings. The van der Waals surface area contributed by atoms with Crippen molar-refractivity contribution in [1.29, 1.82) is 0 Å². The van der Waals surface area contributed by atoms with E-state index in [2.05, 4.69) is 10.2 Å². The molecule has 1 fully saturated rings. The molecule has 3 rings (SSSR count). The molecule has 21 heavy (non-hydrogen) atoms. The molecule has 1 aromatic carbocycles. The summed E-state index contributed by atoms with van der Waals surface area (Å²) in [6, 6.07) is 4.83. The predicted octanol–water partition coefficient (Wildman–Crippen LogP) is 2.73. The van der Waals surface area contributed by atoms with Gasteiger partial charge in [-0.25, -0.2) is 9.18 Å². The number of nitrogens with zero attached hydrogens (tertiary/aromatic N) is 3. The van der Waals surface area contributed by atoms with Gasteiger partial charge in [0.1, 0.15) is 11.6 Å². The lowest BCUT2D eigenvalue weighted by Gasteiger charge is -2.08. The number of ether oxygens (including phenoxy) is 1. The van der Waals surface area contributed by atoms with Gasteiger partial charge in [0.05, 0.1) is 5.56 Å². The van der Waals surface area contributed by atoms with Crippen molar-refractivity contribution in [3.63, 3.8) is 0 Å². The van der Waals surface area contributed by atoms with Crippen LogP contribution < -0.4 is 0 Å². The standard InChI is InChI=1S/C15H16FN3O2/c1-9-3-6-12(13(16)7-9)15(20)21-8-14-18-17-10(2)19(14)11-4-5-11/h3,6-7,11H,4-5,8H2,1-2H3. The average molecular weight is 289 g/mol. The highest BCUT2D eigenvalue weighted by Gasteiger charge is 2.28. The second kappa shape index (κ2) is 5.27. The Morgan fingerprint density at radius 1 is 1.38 bits per heavy atom. The van der Waals surface area contributed by atoms with Crippen LogP contribution >= 0.6 is 0 Å². The Kier molecular flexibility index (Phi) is 3.45. The fraction of sp³-hybridized carbons (Fsp3) is 0.400. The molecule has 6 heteroatoms. The quantitative estimate of drug-likeness (QED) is 0.812. The van der Waals surface area contributed by atoms with Gasteiger partial charge in [0, 0.05) is 6.04 Å². The third kappa shape index (κ3) is 2.79. The van der Waals surface area contributed by atoms with E-state index in [1.54, 1.807) is 13.0 Å². The molecule has 0 N–H and O–H groups in total. The molecular weight excluding hydrogens is 273 g/mol. The topological polar surface area (TPSA) is 57.0 Å². The highest BCUT2D eigenvalue weighted by molar-refractivity contribution is 5.89. The normalized spacial score (nSPS) is 14.2. The molecular formula is C15H16FN3O2. The highest BCUT2D eigenvalue weighted by atomic mass is 19.1. The lowest BCUT2D eigenvalue weighted by molar-refractivity contribution is 0.0452. The number of benzene rings is 1. The lowest BCUT2D eigenvalue weighted by Crippen LogP contribution is -2.11. The number of hydrogen-bond donors (Lipinski definition) is 0. The van der Waals surface area contributed by atoms with Crippen LogP contribution in [0, 0.1) is 19.7 Å².